The van der Waals surface area contributed by atoms with Gasteiger partial charge in [-0.15, -0.1) is 0 Å². The Bertz CT molecular complexity index is 696. The van der Waals surface area contributed by atoms with E-state index in [2.05, 4.69) is 0 Å². The van der Waals surface area contributed by atoms with Crippen LogP contribution in [-0.2, 0) is 15.2 Å². The lowest BCUT2D eigenvalue weighted by Crippen LogP contribution is -2.43. The molecular formula is C16H13NO3. The van der Waals surface area contributed by atoms with Gasteiger partial charge in [0.2, 0.25) is 5.91 Å². The number of carbonyl (C=O) groups is 2. The first-order valence-electron chi connectivity index (χ1n) is 6.29. The van der Waals surface area contributed by atoms with Gasteiger partial charge in [0, 0.05) is 12.5 Å². The second-order valence-corrected chi connectivity index (χ2v) is 4.75. The summed E-state index contributed by atoms with van der Waals surface area (Å²) in [5.74, 6) is -1.04. The molecule has 0 saturated heterocycles. The van der Waals surface area contributed by atoms with Gasteiger partial charge in [0.25, 0.3) is 5.91 Å². The van der Waals surface area contributed by atoms with Crippen molar-refractivity contribution in [2.45, 2.75) is 12.5 Å². The maximum absolute atomic E-state index is 12.6. The molecule has 20 heavy (non-hydrogen) atoms. The van der Waals surface area contributed by atoms with Crippen molar-refractivity contribution in [2.24, 2.45) is 0 Å². The lowest BCUT2D eigenvalue weighted by atomic mass is 9.88. The molecule has 100 valence electrons. The van der Waals surface area contributed by atoms with Gasteiger partial charge in [0.15, 0.2) is 5.60 Å². The van der Waals surface area contributed by atoms with Crippen molar-refractivity contribution in [3.8, 4) is 0 Å². The van der Waals surface area contributed by atoms with Gasteiger partial charge >= 0.3 is 0 Å². The molecule has 1 heterocycles. The van der Waals surface area contributed by atoms with Gasteiger partial charge < -0.3 is 5.11 Å². The van der Waals surface area contributed by atoms with Crippen molar-refractivity contribution >= 4 is 17.5 Å². The van der Waals surface area contributed by atoms with Crippen LogP contribution in [-0.4, -0.2) is 16.9 Å². The number of fused-ring (bicyclic) bond motifs is 1. The average Bonchev–Trinajstić information content (AvgIpc) is 2.70. The summed E-state index contributed by atoms with van der Waals surface area (Å²) >= 11 is 0. The zero-order valence-corrected chi connectivity index (χ0v) is 10.9. The fourth-order valence-corrected chi connectivity index (χ4v) is 2.63. The van der Waals surface area contributed by atoms with E-state index in [-0.39, 0.29) is 0 Å². The van der Waals surface area contributed by atoms with Crippen LogP contribution >= 0.6 is 0 Å². The first kappa shape index (κ1) is 12.6. The highest BCUT2D eigenvalue weighted by Crippen LogP contribution is 2.44. The van der Waals surface area contributed by atoms with Crippen LogP contribution in [0.5, 0.6) is 0 Å². The molecule has 2 aromatic carbocycles. The number of carbonyl (C=O) groups excluding carboxylic acids is 2. The van der Waals surface area contributed by atoms with E-state index in [4.69, 9.17) is 0 Å². The normalized spacial score (nSPS) is 20.9. The number of benzene rings is 2. The topological polar surface area (TPSA) is 57.6 Å². The molecule has 1 unspecified atom stereocenters. The predicted molar refractivity (Wildman–Crippen MR) is 74.0 cm³/mol. The Balaban J connectivity index is 2.28. The van der Waals surface area contributed by atoms with Gasteiger partial charge in [-0.2, -0.15) is 0 Å². The van der Waals surface area contributed by atoms with Crippen LogP contribution in [0.25, 0.3) is 0 Å². The van der Waals surface area contributed by atoms with Crippen LogP contribution in [0.4, 0.5) is 5.69 Å². The van der Waals surface area contributed by atoms with Crippen molar-refractivity contribution in [1.29, 1.82) is 0 Å². The molecule has 4 heteroatoms. The van der Waals surface area contributed by atoms with Crippen molar-refractivity contribution in [2.75, 3.05) is 4.90 Å². The van der Waals surface area contributed by atoms with Gasteiger partial charge in [-0.1, -0.05) is 48.5 Å². The first-order chi connectivity index (χ1) is 9.56. The van der Waals surface area contributed by atoms with E-state index in [0.717, 1.165) is 4.90 Å². The number of anilines is 1. The molecule has 0 aromatic heterocycles. The number of hydrogen-bond donors (Lipinski definition) is 1. The van der Waals surface area contributed by atoms with Gasteiger partial charge in [0.1, 0.15) is 0 Å². The molecule has 0 radical (unpaired) electrons. The Morgan fingerprint density at radius 1 is 1.05 bits per heavy atom. The smallest absolute Gasteiger partial charge is 0.275 e. The Labute approximate surface area is 116 Å². The monoisotopic (exact) mass is 267 g/mol. The molecule has 1 aliphatic rings. The fraction of sp³-hybridized carbons (Fsp3) is 0.125. The Kier molecular flexibility index (Phi) is 2.69. The Morgan fingerprint density at radius 2 is 1.65 bits per heavy atom. The third-order valence-corrected chi connectivity index (χ3v) is 3.55. The van der Waals surface area contributed by atoms with Gasteiger partial charge in [-0.25, -0.2) is 4.90 Å². The van der Waals surface area contributed by atoms with Crippen LogP contribution in [0.3, 0.4) is 0 Å². The molecule has 2 aromatic rings. The average molecular weight is 267 g/mol. The molecule has 0 fully saturated rings. The molecule has 1 N–H and O–H groups in total. The highest BCUT2D eigenvalue weighted by Gasteiger charge is 2.52. The summed E-state index contributed by atoms with van der Waals surface area (Å²) in [6.07, 6.45) is 0. The van der Waals surface area contributed by atoms with Crippen LogP contribution < -0.4 is 4.90 Å². The molecule has 0 aliphatic carbocycles. The van der Waals surface area contributed by atoms with Crippen LogP contribution in [0.15, 0.2) is 54.6 Å². The molecule has 0 spiro atoms. The van der Waals surface area contributed by atoms with Crippen molar-refractivity contribution < 1.29 is 14.7 Å². The number of rotatable bonds is 1. The minimum atomic E-state index is -1.80. The SMILES string of the molecule is CC(=O)N1C(=O)C(O)(c2ccccc2)c2ccccc21. The van der Waals surface area contributed by atoms with Crippen molar-refractivity contribution in [3.05, 3.63) is 65.7 Å². The highest BCUT2D eigenvalue weighted by molar-refractivity contribution is 6.22. The third kappa shape index (κ3) is 1.52. The van der Waals surface area contributed by atoms with Crippen LogP contribution in [0.1, 0.15) is 18.1 Å². The minimum absolute atomic E-state index is 0.408. The van der Waals surface area contributed by atoms with E-state index in [1.807, 2.05) is 0 Å². The first-order valence-corrected chi connectivity index (χ1v) is 6.29. The number of aliphatic hydroxyl groups is 1. The Morgan fingerprint density at radius 3 is 2.30 bits per heavy atom. The minimum Gasteiger partial charge on any atom is -0.372 e. The van der Waals surface area contributed by atoms with Crippen molar-refractivity contribution in [3.63, 3.8) is 0 Å². The van der Waals surface area contributed by atoms with Gasteiger partial charge in [-0.05, 0) is 11.6 Å². The van der Waals surface area contributed by atoms with Crippen molar-refractivity contribution in [1.82, 2.24) is 0 Å². The maximum atomic E-state index is 12.6. The van der Waals surface area contributed by atoms with Crippen LogP contribution in [0.2, 0.25) is 0 Å². The summed E-state index contributed by atoms with van der Waals surface area (Å²) in [6.45, 7) is 1.31. The quantitative estimate of drug-likeness (QED) is 0.857. The molecule has 1 aliphatic heterocycles. The number of para-hydroxylation sites is 1. The number of amides is 2. The summed E-state index contributed by atoms with van der Waals surface area (Å²) in [4.78, 5) is 25.3. The second-order valence-electron chi connectivity index (χ2n) is 4.75. The summed E-state index contributed by atoms with van der Waals surface area (Å²) < 4.78 is 0. The molecule has 1 atom stereocenters. The lowest BCUT2D eigenvalue weighted by molar-refractivity contribution is -0.135. The second kappa shape index (κ2) is 4.28. The standard InChI is InChI=1S/C16H13NO3/c1-11(18)17-14-10-6-5-9-13(14)16(20,15(17)19)12-7-3-2-4-8-12/h2-10,20H,1H3. The lowest BCUT2D eigenvalue weighted by Gasteiger charge is -2.22. The molecule has 3 rings (SSSR count). The number of nitrogens with zero attached hydrogens (tertiary/aromatic N) is 1. The van der Waals surface area contributed by atoms with E-state index in [9.17, 15) is 14.7 Å². The summed E-state index contributed by atoms with van der Waals surface area (Å²) in [7, 11) is 0. The molecule has 0 bridgehead atoms. The molecule has 2 amide bonds. The van der Waals surface area contributed by atoms with Gasteiger partial charge in [0.05, 0.1) is 5.69 Å². The van der Waals surface area contributed by atoms with E-state index in [1.54, 1.807) is 54.6 Å². The zero-order chi connectivity index (χ0) is 14.3. The maximum Gasteiger partial charge on any atom is 0.275 e. The van der Waals surface area contributed by atoms with E-state index in [0.29, 0.717) is 16.8 Å². The Hall–Kier alpha value is -2.46. The largest absolute Gasteiger partial charge is 0.372 e. The molecule has 0 saturated carbocycles. The summed E-state index contributed by atoms with van der Waals surface area (Å²) in [6, 6.07) is 15.5. The summed E-state index contributed by atoms with van der Waals surface area (Å²) in [5.41, 5.74) is -0.465. The summed E-state index contributed by atoms with van der Waals surface area (Å²) in [5, 5.41) is 11.0. The highest BCUT2D eigenvalue weighted by atomic mass is 16.3. The fourth-order valence-electron chi connectivity index (χ4n) is 2.63. The van der Waals surface area contributed by atoms with Crippen LogP contribution in [0, 0.1) is 0 Å². The zero-order valence-electron chi connectivity index (χ0n) is 10.9. The van der Waals surface area contributed by atoms with E-state index in [1.165, 1.54) is 6.92 Å². The molecule has 4 nitrogen and oxygen atoms in total. The molecular weight excluding hydrogens is 254 g/mol. The predicted octanol–water partition coefficient (Wildman–Crippen LogP) is 1.82. The van der Waals surface area contributed by atoms with E-state index < -0.39 is 17.4 Å². The number of hydrogen-bond acceptors (Lipinski definition) is 3. The number of imide groups is 1. The third-order valence-electron chi connectivity index (χ3n) is 3.55. The van der Waals surface area contributed by atoms with E-state index >= 15 is 0 Å². The van der Waals surface area contributed by atoms with Gasteiger partial charge in [-0.3, -0.25) is 9.59 Å².